The molecule has 262 valence electrons. The van der Waals surface area contributed by atoms with Crippen LogP contribution in [0, 0.1) is 0 Å². The van der Waals surface area contributed by atoms with E-state index in [-0.39, 0.29) is 0 Å². The summed E-state index contributed by atoms with van der Waals surface area (Å²) in [5.41, 5.74) is 11.4. The molecule has 12 rings (SSSR count). The van der Waals surface area contributed by atoms with E-state index in [0.29, 0.717) is 0 Å². The zero-order valence-electron chi connectivity index (χ0n) is 30.1. The molecule has 0 aliphatic carbocycles. The Bertz CT molecular complexity index is 3470. The van der Waals surface area contributed by atoms with Gasteiger partial charge in [-0.2, -0.15) is 0 Å². The van der Waals surface area contributed by atoms with Crippen LogP contribution < -0.4 is 4.90 Å². The summed E-state index contributed by atoms with van der Waals surface area (Å²) in [5, 5.41) is 9.62. The fourth-order valence-corrected chi connectivity index (χ4v) is 9.93. The van der Waals surface area contributed by atoms with Crippen LogP contribution in [0.2, 0.25) is 0 Å². The van der Waals surface area contributed by atoms with Crippen molar-refractivity contribution in [2.45, 2.75) is 0 Å². The molecule has 3 heterocycles. The first-order valence-electron chi connectivity index (χ1n) is 18.9. The molecule has 0 fully saturated rings. The monoisotopic (exact) mass is 733 g/mol. The zero-order valence-corrected chi connectivity index (χ0v) is 30.9. The number of benzene rings is 9. The van der Waals surface area contributed by atoms with Gasteiger partial charge < -0.3 is 13.7 Å². The summed E-state index contributed by atoms with van der Waals surface area (Å²) in [4.78, 5) is 2.32. The molecule has 4 heteroatoms. The molecule has 0 amide bonds. The number of rotatable bonds is 5. The minimum atomic E-state index is 0.865. The van der Waals surface area contributed by atoms with Crippen molar-refractivity contribution in [2.24, 2.45) is 0 Å². The molecular formula is C52H31NO2S. The molecule has 0 bridgehead atoms. The van der Waals surface area contributed by atoms with E-state index in [1.807, 2.05) is 23.5 Å². The van der Waals surface area contributed by atoms with Gasteiger partial charge in [0.25, 0.3) is 0 Å². The van der Waals surface area contributed by atoms with Crippen LogP contribution in [-0.2, 0) is 0 Å². The van der Waals surface area contributed by atoms with Crippen molar-refractivity contribution in [2.75, 3.05) is 4.90 Å². The molecule has 0 aliphatic rings. The third-order valence-electron chi connectivity index (χ3n) is 11.3. The molecule has 0 aliphatic heterocycles. The lowest BCUT2D eigenvalue weighted by atomic mass is 9.97. The molecule has 56 heavy (non-hydrogen) atoms. The van der Waals surface area contributed by atoms with Crippen LogP contribution >= 0.6 is 11.3 Å². The summed E-state index contributed by atoms with van der Waals surface area (Å²) in [7, 11) is 0. The first kappa shape index (κ1) is 31.2. The Balaban J connectivity index is 1.00. The van der Waals surface area contributed by atoms with Crippen LogP contribution in [0.3, 0.4) is 0 Å². The quantitative estimate of drug-likeness (QED) is 0.176. The van der Waals surface area contributed by atoms with Crippen LogP contribution in [0.25, 0.3) is 97.1 Å². The Labute approximate surface area is 325 Å². The van der Waals surface area contributed by atoms with E-state index >= 15 is 0 Å². The third kappa shape index (κ3) is 4.76. The maximum Gasteiger partial charge on any atom is 0.137 e. The van der Waals surface area contributed by atoms with E-state index in [1.165, 1.54) is 47.5 Å². The fraction of sp³-hybridized carbons (Fsp3) is 0. The summed E-state index contributed by atoms with van der Waals surface area (Å²) in [5.74, 6) is 0. The van der Waals surface area contributed by atoms with E-state index in [2.05, 4.69) is 181 Å². The summed E-state index contributed by atoms with van der Waals surface area (Å²) in [6.07, 6.45) is 0. The maximum absolute atomic E-state index is 6.51. The van der Waals surface area contributed by atoms with E-state index in [0.717, 1.165) is 66.7 Å². The molecule has 0 spiro atoms. The molecular weight excluding hydrogens is 703 g/mol. The van der Waals surface area contributed by atoms with Gasteiger partial charge in [0.2, 0.25) is 0 Å². The molecule has 3 nitrogen and oxygen atoms in total. The van der Waals surface area contributed by atoms with Crippen molar-refractivity contribution in [1.82, 2.24) is 0 Å². The van der Waals surface area contributed by atoms with Crippen LogP contribution in [0.5, 0.6) is 0 Å². The van der Waals surface area contributed by atoms with Gasteiger partial charge in [-0.3, -0.25) is 0 Å². The summed E-state index contributed by atoms with van der Waals surface area (Å²) in [6, 6.07) is 67.2. The van der Waals surface area contributed by atoms with Crippen molar-refractivity contribution in [3.8, 4) is 22.3 Å². The smallest absolute Gasteiger partial charge is 0.137 e. The first-order chi connectivity index (χ1) is 27.7. The summed E-state index contributed by atoms with van der Waals surface area (Å²) >= 11 is 1.84. The van der Waals surface area contributed by atoms with Gasteiger partial charge in [-0.05, 0) is 99.8 Å². The highest BCUT2D eigenvalue weighted by Crippen LogP contribution is 2.46. The minimum Gasteiger partial charge on any atom is -0.456 e. The molecule has 0 unspecified atom stereocenters. The second-order valence-electron chi connectivity index (χ2n) is 14.4. The van der Waals surface area contributed by atoms with Gasteiger partial charge in [-0.25, -0.2) is 0 Å². The van der Waals surface area contributed by atoms with Crippen molar-refractivity contribution in [3.63, 3.8) is 0 Å². The van der Waals surface area contributed by atoms with Gasteiger partial charge in [0.05, 0.1) is 0 Å². The molecule has 9 aromatic carbocycles. The van der Waals surface area contributed by atoms with Gasteiger partial charge >= 0.3 is 0 Å². The number of thiophene rings is 1. The Morgan fingerprint density at radius 2 is 0.929 bits per heavy atom. The van der Waals surface area contributed by atoms with Crippen molar-refractivity contribution < 1.29 is 8.83 Å². The van der Waals surface area contributed by atoms with E-state index in [9.17, 15) is 0 Å². The minimum absolute atomic E-state index is 0.865. The van der Waals surface area contributed by atoms with Crippen LogP contribution in [0.15, 0.2) is 197 Å². The zero-order chi connectivity index (χ0) is 36.7. The predicted octanol–water partition coefficient (Wildman–Crippen LogP) is 15.8. The third-order valence-corrected chi connectivity index (χ3v) is 12.5. The number of fused-ring (bicyclic) bond motifs is 11. The molecule has 12 aromatic rings. The molecule has 0 atom stereocenters. The second kappa shape index (κ2) is 12.2. The topological polar surface area (TPSA) is 29.5 Å². The van der Waals surface area contributed by atoms with Crippen molar-refractivity contribution >= 4 is 103 Å². The Morgan fingerprint density at radius 1 is 0.357 bits per heavy atom. The largest absolute Gasteiger partial charge is 0.456 e. The van der Waals surface area contributed by atoms with Crippen LogP contribution in [0.1, 0.15) is 0 Å². The fourth-order valence-electron chi connectivity index (χ4n) is 8.68. The highest BCUT2D eigenvalue weighted by molar-refractivity contribution is 7.26. The average molecular weight is 734 g/mol. The number of anilines is 3. The number of furan rings is 2. The predicted molar refractivity (Wildman–Crippen MR) is 237 cm³/mol. The summed E-state index contributed by atoms with van der Waals surface area (Å²) < 4.78 is 15.5. The number of hydrogen-bond acceptors (Lipinski definition) is 4. The second-order valence-corrected chi connectivity index (χ2v) is 15.5. The van der Waals surface area contributed by atoms with Gasteiger partial charge in [0.1, 0.15) is 22.3 Å². The summed E-state index contributed by atoms with van der Waals surface area (Å²) in [6.45, 7) is 0. The maximum atomic E-state index is 6.51. The highest BCUT2D eigenvalue weighted by atomic mass is 32.1. The SMILES string of the molecule is c1ccc2c(-c3ccc(N(c4ccc(-c5cccc6oc7ccc8c9ccccc9sc8c7c56)cc4)c4ccc5c(c4)oc4ccccc45)cc3)cccc2c1. The van der Waals surface area contributed by atoms with Gasteiger partial charge in [0.15, 0.2) is 0 Å². The Kier molecular flexibility index (Phi) is 6.80. The highest BCUT2D eigenvalue weighted by Gasteiger charge is 2.20. The van der Waals surface area contributed by atoms with E-state index < -0.39 is 0 Å². The molecule has 0 saturated heterocycles. The Morgan fingerprint density at radius 3 is 1.77 bits per heavy atom. The Hall–Kier alpha value is -7.14. The van der Waals surface area contributed by atoms with Gasteiger partial charge in [0, 0.05) is 64.8 Å². The van der Waals surface area contributed by atoms with Crippen molar-refractivity contribution in [1.29, 1.82) is 0 Å². The van der Waals surface area contributed by atoms with E-state index in [4.69, 9.17) is 8.83 Å². The van der Waals surface area contributed by atoms with Crippen LogP contribution in [-0.4, -0.2) is 0 Å². The molecule has 0 N–H and O–H groups in total. The average Bonchev–Trinajstić information content (AvgIpc) is 3.95. The van der Waals surface area contributed by atoms with Gasteiger partial charge in [-0.15, -0.1) is 11.3 Å². The lowest BCUT2D eigenvalue weighted by Gasteiger charge is -2.26. The number of hydrogen-bond donors (Lipinski definition) is 0. The number of para-hydroxylation sites is 1. The molecule has 0 saturated carbocycles. The normalized spacial score (nSPS) is 11.9. The number of nitrogens with zero attached hydrogens (tertiary/aromatic N) is 1. The molecule has 0 radical (unpaired) electrons. The lowest BCUT2D eigenvalue weighted by molar-refractivity contribution is 0.668. The molecule has 3 aromatic heterocycles. The van der Waals surface area contributed by atoms with E-state index in [1.54, 1.807) is 0 Å². The van der Waals surface area contributed by atoms with Crippen LogP contribution in [0.4, 0.5) is 17.1 Å². The lowest BCUT2D eigenvalue weighted by Crippen LogP contribution is -2.09. The first-order valence-corrected chi connectivity index (χ1v) is 19.7. The standard InChI is InChI=1S/C52H31NO2S/c1-2-11-38-32(9-1)10-7-14-39(38)33-19-23-35(24-20-33)53(37-27-28-42-41-12-3-5-16-45(41)54-48(42)31-37)36-25-21-34(22-26-36)40-15-8-17-46-50(40)51-47(55-46)30-29-44-43-13-4-6-18-49(43)56-52(44)51/h1-31H. The van der Waals surface area contributed by atoms with Gasteiger partial charge in [-0.1, -0.05) is 115 Å². The van der Waals surface area contributed by atoms with Crippen molar-refractivity contribution in [3.05, 3.63) is 188 Å².